The van der Waals surface area contributed by atoms with E-state index < -0.39 is 5.54 Å². The molecule has 1 fully saturated rings. The number of nitrogens with one attached hydrogen (secondary N) is 1. The van der Waals surface area contributed by atoms with E-state index in [1.807, 2.05) is 0 Å². The summed E-state index contributed by atoms with van der Waals surface area (Å²) in [5.74, 6) is 0.353. The van der Waals surface area contributed by atoms with Crippen LogP contribution in [0, 0.1) is 5.92 Å². The van der Waals surface area contributed by atoms with Gasteiger partial charge in [-0.3, -0.25) is 0 Å². The van der Waals surface area contributed by atoms with E-state index in [1.165, 1.54) is 26.4 Å². The van der Waals surface area contributed by atoms with Gasteiger partial charge in [-0.05, 0) is 51.7 Å². The zero-order valence-electron chi connectivity index (χ0n) is 13.7. The maximum atomic E-state index is 12.4. The molecule has 0 aliphatic heterocycles. The second-order valence-electron chi connectivity index (χ2n) is 6.11. The average Bonchev–Trinajstić information content (AvgIpc) is 3.27. The number of esters is 1. The number of nitrogens with zero attached hydrogens (tertiary/aromatic N) is 1. The van der Waals surface area contributed by atoms with Gasteiger partial charge in [-0.2, -0.15) is 0 Å². The number of hydrogen-bond donors (Lipinski definition) is 1. The van der Waals surface area contributed by atoms with Gasteiger partial charge < -0.3 is 15.0 Å². The molecule has 0 amide bonds. The lowest BCUT2D eigenvalue weighted by Gasteiger charge is -2.36. The van der Waals surface area contributed by atoms with Crippen LogP contribution in [0.4, 0.5) is 0 Å². The van der Waals surface area contributed by atoms with Crippen molar-refractivity contribution in [3.05, 3.63) is 0 Å². The number of carbonyl (C=O) groups excluding carboxylic acids is 1. The van der Waals surface area contributed by atoms with Crippen molar-refractivity contribution in [1.29, 1.82) is 0 Å². The van der Waals surface area contributed by atoms with E-state index in [1.54, 1.807) is 0 Å². The predicted molar refractivity (Wildman–Crippen MR) is 82.8 cm³/mol. The molecule has 1 rings (SSSR count). The van der Waals surface area contributed by atoms with Crippen molar-refractivity contribution >= 4 is 5.97 Å². The number of carbonyl (C=O) groups is 1. The molecule has 1 saturated carbocycles. The van der Waals surface area contributed by atoms with Crippen molar-refractivity contribution in [3.8, 4) is 0 Å². The number of methoxy groups -OCH3 is 1. The molecule has 0 bridgehead atoms. The van der Waals surface area contributed by atoms with Crippen LogP contribution >= 0.6 is 0 Å². The minimum Gasteiger partial charge on any atom is -0.468 e. The van der Waals surface area contributed by atoms with Gasteiger partial charge in [-0.15, -0.1) is 0 Å². The van der Waals surface area contributed by atoms with E-state index in [-0.39, 0.29) is 5.97 Å². The summed E-state index contributed by atoms with van der Waals surface area (Å²) in [5.41, 5.74) is -0.494. The molecule has 0 heterocycles. The summed E-state index contributed by atoms with van der Waals surface area (Å²) >= 11 is 0. The fourth-order valence-electron chi connectivity index (χ4n) is 2.88. The highest BCUT2D eigenvalue weighted by Crippen LogP contribution is 2.41. The summed E-state index contributed by atoms with van der Waals surface area (Å²) in [7, 11) is 3.62. The van der Waals surface area contributed by atoms with Crippen LogP contribution in [0.1, 0.15) is 52.4 Å². The first-order chi connectivity index (χ1) is 9.60. The molecule has 0 aromatic heterocycles. The molecule has 4 heteroatoms. The molecule has 20 heavy (non-hydrogen) atoms. The van der Waals surface area contributed by atoms with Crippen molar-refractivity contribution in [2.45, 2.75) is 57.9 Å². The van der Waals surface area contributed by atoms with Crippen molar-refractivity contribution in [2.75, 3.05) is 33.8 Å². The van der Waals surface area contributed by atoms with Crippen LogP contribution in [0.3, 0.4) is 0 Å². The Bertz CT molecular complexity index is 292. The molecule has 118 valence electrons. The van der Waals surface area contributed by atoms with Gasteiger partial charge in [0.05, 0.1) is 7.11 Å². The molecule has 1 N–H and O–H groups in total. The molecular formula is C16H32N2O2. The van der Waals surface area contributed by atoms with Crippen LogP contribution in [0.2, 0.25) is 0 Å². The van der Waals surface area contributed by atoms with Gasteiger partial charge in [0.1, 0.15) is 5.54 Å². The Kier molecular flexibility index (Phi) is 7.52. The predicted octanol–water partition coefficient (Wildman–Crippen LogP) is 2.43. The van der Waals surface area contributed by atoms with E-state index >= 15 is 0 Å². The summed E-state index contributed by atoms with van der Waals surface area (Å²) in [5, 5.41) is 3.50. The zero-order valence-corrected chi connectivity index (χ0v) is 13.7. The normalized spacial score (nSPS) is 18.1. The number of hydrogen-bond acceptors (Lipinski definition) is 4. The van der Waals surface area contributed by atoms with E-state index in [0.29, 0.717) is 5.92 Å². The smallest absolute Gasteiger partial charge is 0.327 e. The molecule has 0 saturated heterocycles. The van der Waals surface area contributed by atoms with Gasteiger partial charge in [0, 0.05) is 6.54 Å². The topological polar surface area (TPSA) is 41.6 Å². The average molecular weight is 284 g/mol. The number of ether oxygens (including phenoxy) is 1. The quantitative estimate of drug-likeness (QED) is 0.467. The molecule has 4 nitrogen and oxygen atoms in total. The van der Waals surface area contributed by atoms with Crippen molar-refractivity contribution < 1.29 is 9.53 Å². The Morgan fingerprint density at radius 1 is 1.30 bits per heavy atom. The van der Waals surface area contributed by atoms with E-state index in [9.17, 15) is 4.79 Å². The Morgan fingerprint density at radius 3 is 2.50 bits per heavy atom. The second kappa shape index (κ2) is 8.63. The van der Waals surface area contributed by atoms with E-state index in [2.05, 4.69) is 31.1 Å². The standard InChI is InChI=1S/C16H32N2O2/c1-5-7-8-12-18(3)13-16(14-9-10-14,15(19)20-4)17-11-6-2/h14,17H,5-13H2,1-4H3. The van der Waals surface area contributed by atoms with Crippen molar-refractivity contribution in [3.63, 3.8) is 0 Å². The highest BCUT2D eigenvalue weighted by atomic mass is 16.5. The van der Waals surface area contributed by atoms with Gasteiger partial charge in [-0.25, -0.2) is 4.79 Å². The number of rotatable bonds is 11. The first-order valence-electron chi connectivity index (χ1n) is 8.12. The maximum absolute atomic E-state index is 12.4. The highest BCUT2D eigenvalue weighted by Gasteiger charge is 2.51. The minimum absolute atomic E-state index is 0.0872. The van der Waals surface area contributed by atoms with Gasteiger partial charge in [0.15, 0.2) is 0 Å². The molecule has 0 aromatic carbocycles. The van der Waals surface area contributed by atoms with Gasteiger partial charge in [0.25, 0.3) is 0 Å². The molecule has 1 aliphatic carbocycles. The highest BCUT2D eigenvalue weighted by molar-refractivity contribution is 5.82. The van der Waals surface area contributed by atoms with Crippen LogP contribution in [0.5, 0.6) is 0 Å². The fraction of sp³-hybridized carbons (Fsp3) is 0.938. The molecule has 0 spiro atoms. The van der Waals surface area contributed by atoms with Gasteiger partial charge in [-0.1, -0.05) is 26.7 Å². The first kappa shape index (κ1) is 17.4. The van der Waals surface area contributed by atoms with Crippen LogP contribution in [-0.4, -0.2) is 50.2 Å². The Labute approximate surface area is 124 Å². The first-order valence-corrected chi connectivity index (χ1v) is 8.12. The van der Waals surface area contributed by atoms with E-state index in [0.717, 1.165) is 38.9 Å². The summed E-state index contributed by atoms with van der Waals surface area (Å²) in [6.07, 6.45) is 6.98. The van der Waals surface area contributed by atoms with Gasteiger partial charge in [0.2, 0.25) is 0 Å². The molecule has 1 unspecified atom stereocenters. The molecule has 1 atom stereocenters. The van der Waals surface area contributed by atoms with Crippen LogP contribution in [0.25, 0.3) is 0 Å². The van der Waals surface area contributed by atoms with Crippen LogP contribution in [-0.2, 0) is 9.53 Å². The summed E-state index contributed by atoms with van der Waals surface area (Å²) in [6.45, 7) is 7.02. The van der Waals surface area contributed by atoms with Crippen LogP contribution < -0.4 is 5.32 Å². The summed E-state index contributed by atoms with van der Waals surface area (Å²) < 4.78 is 5.11. The molecule has 1 aliphatic rings. The van der Waals surface area contributed by atoms with Crippen molar-refractivity contribution in [1.82, 2.24) is 10.2 Å². The second-order valence-corrected chi connectivity index (χ2v) is 6.11. The third-order valence-electron chi connectivity index (χ3n) is 4.18. The lowest BCUT2D eigenvalue weighted by Crippen LogP contribution is -2.61. The Balaban J connectivity index is 2.67. The zero-order chi connectivity index (χ0) is 15.0. The summed E-state index contributed by atoms with van der Waals surface area (Å²) in [4.78, 5) is 14.7. The number of likely N-dealkylation sites (N-methyl/N-ethyl adjacent to an activating group) is 1. The summed E-state index contributed by atoms with van der Waals surface area (Å²) in [6, 6.07) is 0. The van der Waals surface area contributed by atoms with Crippen LogP contribution in [0.15, 0.2) is 0 Å². The molecule has 0 radical (unpaired) electrons. The number of unbranched alkanes of at least 4 members (excludes halogenated alkanes) is 2. The Morgan fingerprint density at radius 2 is 2.00 bits per heavy atom. The maximum Gasteiger partial charge on any atom is 0.327 e. The third kappa shape index (κ3) is 4.74. The van der Waals surface area contributed by atoms with Gasteiger partial charge >= 0.3 is 5.97 Å². The SMILES string of the molecule is CCCCCN(C)CC(NCCC)(C(=O)OC)C1CC1. The third-order valence-corrected chi connectivity index (χ3v) is 4.18. The largest absolute Gasteiger partial charge is 0.468 e. The molecular weight excluding hydrogens is 252 g/mol. The lowest BCUT2D eigenvalue weighted by molar-refractivity contribution is -0.150. The van der Waals surface area contributed by atoms with Crippen molar-refractivity contribution in [2.24, 2.45) is 5.92 Å². The Hall–Kier alpha value is -0.610. The van der Waals surface area contributed by atoms with E-state index in [4.69, 9.17) is 4.74 Å². The fourth-order valence-corrected chi connectivity index (χ4v) is 2.88. The lowest BCUT2D eigenvalue weighted by atomic mass is 9.92. The molecule has 0 aromatic rings. The minimum atomic E-state index is -0.494. The monoisotopic (exact) mass is 284 g/mol.